The number of aromatic nitrogens is 3. The molecule has 4 rings (SSSR count). The van der Waals surface area contributed by atoms with Crippen LogP contribution >= 0.6 is 27.7 Å². The van der Waals surface area contributed by atoms with Gasteiger partial charge in [0, 0.05) is 15.6 Å². The van der Waals surface area contributed by atoms with E-state index in [4.69, 9.17) is 0 Å². The van der Waals surface area contributed by atoms with Crippen LogP contribution in [-0.2, 0) is 12.8 Å². The fraction of sp³-hybridized carbons (Fsp3) is 0.250. The first kappa shape index (κ1) is 17.5. The van der Waals surface area contributed by atoms with Crippen molar-refractivity contribution in [2.24, 2.45) is 0 Å². The van der Waals surface area contributed by atoms with Crippen LogP contribution in [0.1, 0.15) is 34.8 Å². The second-order valence-electron chi connectivity index (χ2n) is 6.41. The summed E-state index contributed by atoms with van der Waals surface area (Å²) in [6, 6.07) is 14.0. The molecule has 1 heterocycles. The van der Waals surface area contributed by atoms with Crippen molar-refractivity contribution in [3.05, 3.63) is 63.6 Å². The predicted molar refractivity (Wildman–Crippen MR) is 108 cm³/mol. The molecule has 0 fully saturated rings. The first-order chi connectivity index (χ1) is 12.6. The third kappa shape index (κ3) is 3.48. The van der Waals surface area contributed by atoms with Gasteiger partial charge >= 0.3 is 0 Å². The fourth-order valence-electron chi connectivity index (χ4n) is 3.24. The molecule has 1 unspecified atom stereocenters. The zero-order valence-electron chi connectivity index (χ0n) is 14.3. The summed E-state index contributed by atoms with van der Waals surface area (Å²) in [5.74, 6) is 0.814. The summed E-state index contributed by atoms with van der Waals surface area (Å²) < 4.78 is 0.954. The molecular weight excluding hydrogens is 410 g/mol. The number of fused-ring (bicyclic) bond motifs is 1. The van der Waals surface area contributed by atoms with Gasteiger partial charge in [0.25, 0.3) is 0 Å². The molecule has 4 nitrogen and oxygen atoms in total. The Balaban J connectivity index is 1.49. The first-order valence-electron chi connectivity index (χ1n) is 8.62. The second kappa shape index (κ2) is 7.37. The van der Waals surface area contributed by atoms with E-state index in [0.29, 0.717) is 11.0 Å². The van der Waals surface area contributed by atoms with Crippen LogP contribution in [0.5, 0.6) is 0 Å². The molecule has 1 atom stereocenters. The van der Waals surface area contributed by atoms with Gasteiger partial charge in [-0.05, 0) is 49.4 Å². The van der Waals surface area contributed by atoms with Crippen LogP contribution in [0, 0.1) is 0 Å². The maximum absolute atomic E-state index is 12.8. The molecule has 2 aromatic carbocycles. The number of nitrogens with zero attached hydrogens (tertiary/aromatic N) is 2. The van der Waals surface area contributed by atoms with Crippen LogP contribution in [-0.4, -0.2) is 26.2 Å². The molecule has 0 amide bonds. The van der Waals surface area contributed by atoms with Gasteiger partial charge in [-0.2, -0.15) is 0 Å². The van der Waals surface area contributed by atoms with Crippen molar-refractivity contribution in [1.29, 1.82) is 0 Å². The smallest absolute Gasteiger partial charge is 0.209 e. The van der Waals surface area contributed by atoms with Crippen molar-refractivity contribution in [2.75, 3.05) is 0 Å². The van der Waals surface area contributed by atoms with Crippen molar-refractivity contribution in [3.8, 4) is 11.4 Å². The topological polar surface area (TPSA) is 58.6 Å². The molecule has 1 aliphatic rings. The van der Waals surface area contributed by atoms with Crippen LogP contribution in [0.3, 0.4) is 0 Å². The number of carbonyl (C=O) groups is 1. The zero-order chi connectivity index (χ0) is 18.1. The minimum absolute atomic E-state index is 0.122. The third-order valence-electron chi connectivity index (χ3n) is 4.63. The number of carbonyl (C=O) groups excluding carboxylic acids is 1. The molecule has 6 heteroatoms. The number of benzene rings is 2. The Morgan fingerprint density at radius 2 is 2.00 bits per heavy atom. The van der Waals surface area contributed by atoms with Gasteiger partial charge in [0.2, 0.25) is 5.16 Å². The molecule has 0 saturated heterocycles. The third-order valence-corrected chi connectivity index (χ3v) is 6.28. The van der Waals surface area contributed by atoms with Gasteiger partial charge in [-0.25, -0.2) is 4.98 Å². The molecule has 0 radical (unpaired) electrons. The molecule has 0 aliphatic heterocycles. The lowest BCUT2D eigenvalue weighted by atomic mass is 10.0. The van der Waals surface area contributed by atoms with Crippen LogP contribution < -0.4 is 0 Å². The predicted octanol–water partition coefficient (Wildman–Crippen LogP) is 5.09. The Kier molecular flexibility index (Phi) is 4.96. The maximum Gasteiger partial charge on any atom is 0.209 e. The molecule has 0 spiro atoms. The highest BCUT2D eigenvalue weighted by Crippen LogP contribution is 2.29. The number of rotatable bonds is 5. The monoisotopic (exact) mass is 427 g/mol. The highest BCUT2D eigenvalue weighted by atomic mass is 79.9. The minimum Gasteiger partial charge on any atom is -0.293 e. The molecular formula is C20H18BrN3OS. The van der Waals surface area contributed by atoms with Gasteiger partial charge in [-0.1, -0.05) is 58.0 Å². The van der Waals surface area contributed by atoms with Gasteiger partial charge in [0.1, 0.15) is 0 Å². The van der Waals surface area contributed by atoms with Gasteiger partial charge in [0.15, 0.2) is 11.6 Å². The number of Topliss-reactive ketones (excluding diaryl/α,β-unsaturated/α-hetero) is 1. The molecule has 3 aromatic rings. The van der Waals surface area contributed by atoms with Crippen LogP contribution in [0.15, 0.2) is 52.1 Å². The van der Waals surface area contributed by atoms with Crippen molar-refractivity contribution in [1.82, 2.24) is 15.2 Å². The molecule has 1 aromatic heterocycles. The van der Waals surface area contributed by atoms with Crippen LogP contribution in [0.25, 0.3) is 11.4 Å². The normalized spacial score (nSPS) is 14.2. The average molecular weight is 428 g/mol. The molecule has 1 N–H and O–H groups in total. The van der Waals surface area contributed by atoms with Gasteiger partial charge in [-0.15, -0.1) is 5.10 Å². The van der Waals surface area contributed by atoms with Gasteiger partial charge < -0.3 is 0 Å². The quantitative estimate of drug-likeness (QED) is 0.455. The molecule has 26 heavy (non-hydrogen) atoms. The SMILES string of the molecule is CC(Sc1n[nH]c(-c2ccccc2Br)n1)C(=O)c1ccc2c(c1)CCC2. The van der Waals surface area contributed by atoms with E-state index in [0.717, 1.165) is 28.4 Å². The zero-order valence-corrected chi connectivity index (χ0v) is 16.7. The average Bonchev–Trinajstić information content (AvgIpc) is 3.30. The van der Waals surface area contributed by atoms with E-state index < -0.39 is 0 Å². The molecule has 0 bridgehead atoms. The molecule has 0 saturated carbocycles. The van der Waals surface area contributed by atoms with Gasteiger partial charge in [-0.3, -0.25) is 9.89 Å². The lowest BCUT2D eigenvalue weighted by Crippen LogP contribution is -2.14. The fourth-order valence-corrected chi connectivity index (χ4v) is 4.52. The first-order valence-corrected chi connectivity index (χ1v) is 10.3. The van der Waals surface area contributed by atoms with Crippen molar-refractivity contribution < 1.29 is 4.79 Å². The van der Waals surface area contributed by atoms with E-state index in [1.807, 2.05) is 37.3 Å². The number of nitrogens with one attached hydrogen (secondary N) is 1. The molecule has 1 aliphatic carbocycles. The minimum atomic E-state index is -0.239. The number of ketones is 1. The highest BCUT2D eigenvalue weighted by molar-refractivity contribution is 9.10. The number of hydrogen-bond acceptors (Lipinski definition) is 4. The molecule has 132 valence electrons. The van der Waals surface area contributed by atoms with Gasteiger partial charge in [0.05, 0.1) is 5.25 Å². The van der Waals surface area contributed by atoms with Crippen molar-refractivity contribution >= 4 is 33.5 Å². The number of H-pyrrole nitrogens is 1. The summed E-state index contributed by atoms with van der Waals surface area (Å²) in [7, 11) is 0. The summed E-state index contributed by atoms with van der Waals surface area (Å²) in [5.41, 5.74) is 4.44. The lowest BCUT2D eigenvalue weighted by molar-refractivity contribution is 0.0994. The largest absolute Gasteiger partial charge is 0.293 e. The maximum atomic E-state index is 12.8. The Labute approximate surface area is 164 Å². The van der Waals surface area contributed by atoms with E-state index in [2.05, 4.69) is 43.2 Å². The summed E-state index contributed by atoms with van der Waals surface area (Å²) in [4.78, 5) is 17.3. The van der Waals surface area contributed by atoms with E-state index >= 15 is 0 Å². The van der Waals surface area contributed by atoms with E-state index in [1.165, 1.54) is 29.3 Å². The van der Waals surface area contributed by atoms with E-state index in [1.54, 1.807) is 0 Å². The summed E-state index contributed by atoms with van der Waals surface area (Å²) in [5, 5.41) is 7.56. The summed E-state index contributed by atoms with van der Waals surface area (Å²) >= 11 is 4.91. The van der Waals surface area contributed by atoms with Crippen LogP contribution in [0.2, 0.25) is 0 Å². The van der Waals surface area contributed by atoms with E-state index in [9.17, 15) is 4.79 Å². The second-order valence-corrected chi connectivity index (χ2v) is 8.57. The summed E-state index contributed by atoms with van der Waals surface area (Å²) in [6.45, 7) is 1.91. The van der Waals surface area contributed by atoms with Crippen molar-refractivity contribution in [2.45, 2.75) is 36.6 Å². The standard InChI is InChI=1S/C20H18BrN3OS/c1-12(18(25)15-10-9-13-5-4-6-14(13)11-15)26-20-22-19(23-24-20)16-7-2-3-8-17(16)21/h2-3,7-12H,4-6H2,1H3,(H,22,23,24). The lowest BCUT2D eigenvalue weighted by Gasteiger charge is -2.09. The number of aryl methyl sites for hydroxylation is 2. The Morgan fingerprint density at radius 1 is 1.19 bits per heavy atom. The van der Waals surface area contributed by atoms with E-state index in [-0.39, 0.29) is 11.0 Å². The Morgan fingerprint density at radius 3 is 2.85 bits per heavy atom. The number of thioether (sulfide) groups is 1. The van der Waals surface area contributed by atoms with Crippen molar-refractivity contribution in [3.63, 3.8) is 0 Å². The Hall–Kier alpha value is -1.92. The Bertz CT molecular complexity index is 969. The number of halogens is 1. The summed E-state index contributed by atoms with van der Waals surface area (Å²) in [6.07, 6.45) is 3.39. The highest BCUT2D eigenvalue weighted by Gasteiger charge is 2.21. The van der Waals surface area contributed by atoms with Crippen LogP contribution in [0.4, 0.5) is 0 Å². The number of hydrogen-bond donors (Lipinski definition) is 1. The number of aromatic amines is 1.